The SMILES string of the molecule is Cn1nc(-c2ccc(C(C)(C)C)cc2)c(C=O)c1Cl. The Bertz CT molecular complexity index is 606. The molecule has 1 aromatic heterocycles. The van der Waals surface area contributed by atoms with E-state index in [0.717, 1.165) is 11.8 Å². The second-order valence-electron chi connectivity index (χ2n) is 5.62. The molecule has 0 N–H and O–H groups in total. The van der Waals surface area contributed by atoms with Crippen molar-refractivity contribution in [3.63, 3.8) is 0 Å². The van der Waals surface area contributed by atoms with Crippen molar-refractivity contribution in [1.29, 1.82) is 0 Å². The molecule has 0 fully saturated rings. The molecule has 0 radical (unpaired) electrons. The van der Waals surface area contributed by atoms with Crippen molar-refractivity contribution >= 4 is 17.9 Å². The van der Waals surface area contributed by atoms with Gasteiger partial charge in [-0.1, -0.05) is 56.6 Å². The zero-order valence-corrected chi connectivity index (χ0v) is 12.3. The van der Waals surface area contributed by atoms with Crippen LogP contribution in [0.15, 0.2) is 24.3 Å². The number of carbonyl (C=O) groups excluding carboxylic acids is 1. The number of benzene rings is 1. The molecule has 0 aliphatic carbocycles. The van der Waals surface area contributed by atoms with E-state index in [1.165, 1.54) is 10.2 Å². The standard InChI is InChI=1S/C15H17ClN2O/c1-15(2,3)11-7-5-10(6-8-11)13-12(9-19)14(16)18(4)17-13/h5-9H,1-4H3. The van der Waals surface area contributed by atoms with Gasteiger partial charge in [0, 0.05) is 12.6 Å². The number of hydrogen-bond acceptors (Lipinski definition) is 2. The Morgan fingerprint density at radius 1 is 1.21 bits per heavy atom. The van der Waals surface area contributed by atoms with Crippen LogP contribution in [0.4, 0.5) is 0 Å². The van der Waals surface area contributed by atoms with E-state index in [4.69, 9.17) is 11.6 Å². The van der Waals surface area contributed by atoms with Crippen molar-refractivity contribution in [1.82, 2.24) is 9.78 Å². The van der Waals surface area contributed by atoms with Gasteiger partial charge in [0.1, 0.15) is 10.8 Å². The fourth-order valence-corrected chi connectivity index (χ4v) is 2.14. The van der Waals surface area contributed by atoms with Crippen LogP contribution >= 0.6 is 11.6 Å². The number of aldehydes is 1. The number of nitrogens with zero attached hydrogens (tertiary/aromatic N) is 2. The summed E-state index contributed by atoms with van der Waals surface area (Å²) in [7, 11) is 1.72. The monoisotopic (exact) mass is 276 g/mol. The number of aromatic nitrogens is 2. The number of rotatable bonds is 2. The Kier molecular flexibility index (Phi) is 3.50. The van der Waals surface area contributed by atoms with E-state index in [2.05, 4.69) is 38.0 Å². The van der Waals surface area contributed by atoms with Crippen molar-refractivity contribution in [2.45, 2.75) is 26.2 Å². The largest absolute Gasteiger partial charge is 0.298 e. The van der Waals surface area contributed by atoms with Gasteiger partial charge in [-0.05, 0) is 11.0 Å². The summed E-state index contributed by atoms with van der Waals surface area (Å²) in [4.78, 5) is 11.1. The highest BCUT2D eigenvalue weighted by atomic mass is 35.5. The smallest absolute Gasteiger partial charge is 0.155 e. The van der Waals surface area contributed by atoms with E-state index in [9.17, 15) is 4.79 Å². The van der Waals surface area contributed by atoms with Crippen LogP contribution in [0.5, 0.6) is 0 Å². The fourth-order valence-electron chi connectivity index (χ4n) is 1.97. The highest BCUT2D eigenvalue weighted by molar-refractivity contribution is 6.32. The van der Waals surface area contributed by atoms with Gasteiger partial charge in [-0.25, -0.2) is 0 Å². The van der Waals surface area contributed by atoms with Gasteiger partial charge in [0.25, 0.3) is 0 Å². The quantitative estimate of drug-likeness (QED) is 0.781. The van der Waals surface area contributed by atoms with E-state index >= 15 is 0 Å². The predicted molar refractivity (Wildman–Crippen MR) is 77.7 cm³/mol. The Morgan fingerprint density at radius 2 is 1.79 bits per heavy atom. The highest BCUT2D eigenvalue weighted by Gasteiger charge is 2.17. The van der Waals surface area contributed by atoms with Crippen molar-refractivity contribution in [3.05, 3.63) is 40.5 Å². The Hall–Kier alpha value is -1.61. The third-order valence-corrected chi connectivity index (χ3v) is 3.60. The van der Waals surface area contributed by atoms with Gasteiger partial charge in [0.15, 0.2) is 6.29 Å². The summed E-state index contributed by atoms with van der Waals surface area (Å²) in [5, 5.41) is 4.66. The molecular weight excluding hydrogens is 260 g/mol. The number of hydrogen-bond donors (Lipinski definition) is 0. The van der Waals surface area contributed by atoms with Crippen LogP contribution in [0.2, 0.25) is 5.15 Å². The highest BCUT2D eigenvalue weighted by Crippen LogP contribution is 2.29. The minimum Gasteiger partial charge on any atom is -0.298 e. The molecule has 2 rings (SSSR count). The second-order valence-corrected chi connectivity index (χ2v) is 5.98. The molecule has 1 heterocycles. The Morgan fingerprint density at radius 3 is 2.26 bits per heavy atom. The molecule has 4 heteroatoms. The second kappa shape index (κ2) is 4.82. The van der Waals surface area contributed by atoms with Crippen LogP contribution < -0.4 is 0 Å². The molecule has 1 aromatic carbocycles. The van der Waals surface area contributed by atoms with E-state index in [0.29, 0.717) is 16.4 Å². The molecular formula is C15H17ClN2O. The summed E-state index contributed by atoms with van der Waals surface area (Å²) in [5.41, 5.74) is 3.31. The van der Waals surface area contributed by atoms with Crippen LogP contribution in [-0.2, 0) is 12.5 Å². The molecule has 0 unspecified atom stereocenters. The van der Waals surface area contributed by atoms with Crippen molar-refractivity contribution in [2.75, 3.05) is 0 Å². The van der Waals surface area contributed by atoms with E-state index in [1.54, 1.807) is 7.05 Å². The zero-order chi connectivity index (χ0) is 14.2. The molecule has 0 spiro atoms. The summed E-state index contributed by atoms with van der Waals surface area (Å²) < 4.78 is 1.51. The lowest BCUT2D eigenvalue weighted by Gasteiger charge is -2.18. The fraction of sp³-hybridized carbons (Fsp3) is 0.333. The third-order valence-electron chi connectivity index (χ3n) is 3.15. The molecule has 0 aliphatic heterocycles. The van der Waals surface area contributed by atoms with Crippen LogP contribution in [0.3, 0.4) is 0 Å². The topological polar surface area (TPSA) is 34.9 Å². The normalized spacial score (nSPS) is 11.6. The van der Waals surface area contributed by atoms with Gasteiger partial charge in [-0.3, -0.25) is 9.48 Å². The summed E-state index contributed by atoms with van der Waals surface area (Å²) >= 11 is 6.04. The molecule has 2 aromatic rings. The summed E-state index contributed by atoms with van der Waals surface area (Å²) in [5.74, 6) is 0. The maximum absolute atomic E-state index is 11.1. The van der Waals surface area contributed by atoms with Gasteiger partial charge >= 0.3 is 0 Å². The molecule has 100 valence electrons. The van der Waals surface area contributed by atoms with Gasteiger partial charge in [0.05, 0.1) is 5.56 Å². The summed E-state index contributed by atoms with van der Waals surface area (Å²) in [6.07, 6.45) is 0.752. The first-order chi connectivity index (χ1) is 8.84. The van der Waals surface area contributed by atoms with Crippen LogP contribution in [0.1, 0.15) is 36.7 Å². The molecule has 0 aliphatic rings. The predicted octanol–water partition coefficient (Wildman–Crippen LogP) is 3.85. The first-order valence-corrected chi connectivity index (χ1v) is 6.51. The van der Waals surface area contributed by atoms with E-state index in [1.807, 2.05) is 12.1 Å². The third kappa shape index (κ3) is 2.56. The maximum atomic E-state index is 11.1. The zero-order valence-electron chi connectivity index (χ0n) is 11.6. The van der Waals surface area contributed by atoms with Gasteiger partial charge in [0.2, 0.25) is 0 Å². The molecule has 3 nitrogen and oxygen atoms in total. The van der Waals surface area contributed by atoms with Crippen LogP contribution in [0.25, 0.3) is 11.3 Å². The lowest BCUT2D eigenvalue weighted by atomic mass is 9.86. The van der Waals surface area contributed by atoms with Crippen molar-refractivity contribution in [2.24, 2.45) is 7.05 Å². The molecule has 0 saturated heterocycles. The summed E-state index contributed by atoms with van der Waals surface area (Å²) in [6, 6.07) is 8.08. The van der Waals surface area contributed by atoms with Gasteiger partial charge in [-0.2, -0.15) is 5.10 Å². The van der Waals surface area contributed by atoms with E-state index < -0.39 is 0 Å². The number of aryl methyl sites for hydroxylation is 1. The van der Waals surface area contributed by atoms with E-state index in [-0.39, 0.29) is 5.41 Å². The first-order valence-electron chi connectivity index (χ1n) is 6.13. The van der Waals surface area contributed by atoms with Gasteiger partial charge in [-0.15, -0.1) is 0 Å². The summed E-state index contributed by atoms with van der Waals surface area (Å²) in [6.45, 7) is 6.49. The Balaban J connectivity index is 2.49. The Labute approximate surface area is 118 Å². The minimum atomic E-state index is 0.105. The van der Waals surface area contributed by atoms with Crippen LogP contribution in [0, 0.1) is 0 Å². The molecule has 0 saturated carbocycles. The van der Waals surface area contributed by atoms with Crippen LogP contribution in [-0.4, -0.2) is 16.1 Å². The van der Waals surface area contributed by atoms with Gasteiger partial charge < -0.3 is 0 Å². The molecule has 19 heavy (non-hydrogen) atoms. The molecule has 0 atom stereocenters. The lowest BCUT2D eigenvalue weighted by Crippen LogP contribution is -2.10. The maximum Gasteiger partial charge on any atom is 0.155 e. The molecule has 0 bridgehead atoms. The average molecular weight is 277 g/mol. The molecule has 0 amide bonds. The lowest BCUT2D eigenvalue weighted by molar-refractivity contribution is 0.112. The van der Waals surface area contributed by atoms with Crippen molar-refractivity contribution in [3.8, 4) is 11.3 Å². The minimum absolute atomic E-state index is 0.105. The first kappa shape index (κ1) is 13.8. The number of halogens is 1. The van der Waals surface area contributed by atoms with Crippen molar-refractivity contribution < 1.29 is 4.79 Å². The number of carbonyl (C=O) groups is 1. The average Bonchev–Trinajstić information content (AvgIpc) is 2.64.